The van der Waals surface area contributed by atoms with Gasteiger partial charge in [-0.1, -0.05) is 33.1 Å². The fourth-order valence-corrected chi connectivity index (χ4v) is 1.78. The Labute approximate surface area is 103 Å². The quantitative estimate of drug-likeness (QED) is 0.588. The SMILES string of the molecule is CCCCC(CC)C1CCOO1.O=S(=O)(O)O. The van der Waals surface area contributed by atoms with Crippen LogP contribution in [0.5, 0.6) is 0 Å². The van der Waals surface area contributed by atoms with Gasteiger partial charge in [0, 0.05) is 6.42 Å². The van der Waals surface area contributed by atoms with Crippen LogP contribution < -0.4 is 0 Å². The molecule has 1 fully saturated rings. The van der Waals surface area contributed by atoms with E-state index in [1.165, 1.54) is 25.7 Å². The van der Waals surface area contributed by atoms with Crippen LogP contribution in [0.4, 0.5) is 0 Å². The van der Waals surface area contributed by atoms with E-state index >= 15 is 0 Å². The average molecular weight is 270 g/mol. The maximum atomic E-state index is 8.74. The fourth-order valence-electron chi connectivity index (χ4n) is 1.78. The Morgan fingerprint density at radius 1 is 1.35 bits per heavy atom. The predicted molar refractivity (Wildman–Crippen MR) is 62.9 cm³/mol. The highest BCUT2D eigenvalue weighted by atomic mass is 32.3. The maximum absolute atomic E-state index is 8.74. The molecule has 1 saturated heterocycles. The average Bonchev–Trinajstić information content (AvgIpc) is 2.70. The smallest absolute Gasteiger partial charge is 0.264 e. The second kappa shape index (κ2) is 8.82. The van der Waals surface area contributed by atoms with E-state index in [1.54, 1.807) is 0 Å². The molecule has 0 aromatic heterocycles. The van der Waals surface area contributed by atoms with E-state index in [9.17, 15) is 0 Å². The minimum absolute atomic E-state index is 0.376. The molecule has 1 aliphatic rings. The molecule has 0 spiro atoms. The summed E-state index contributed by atoms with van der Waals surface area (Å²) in [4.78, 5) is 10.1. The Morgan fingerprint density at radius 3 is 2.29 bits per heavy atom. The van der Waals surface area contributed by atoms with Crippen molar-refractivity contribution in [2.75, 3.05) is 6.61 Å². The largest absolute Gasteiger partial charge is 0.394 e. The zero-order valence-electron chi connectivity index (χ0n) is 10.3. The van der Waals surface area contributed by atoms with Crippen LogP contribution in [0.2, 0.25) is 0 Å². The van der Waals surface area contributed by atoms with E-state index in [4.69, 9.17) is 27.3 Å². The van der Waals surface area contributed by atoms with Gasteiger partial charge in [-0.15, -0.1) is 0 Å². The van der Waals surface area contributed by atoms with Gasteiger partial charge in [-0.2, -0.15) is 8.42 Å². The highest BCUT2D eigenvalue weighted by Gasteiger charge is 2.25. The lowest BCUT2D eigenvalue weighted by Gasteiger charge is -2.18. The maximum Gasteiger partial charge on any atom is 0.394 e. The molecule has 6 nitrogen and oxygen atoms in total. The number of rotatable bonds is 5. The summed E-state index contributed by atoms with van der Waals surface area (Å²) in [7, 11) is -4.67. The highest BCUT2D eigenvalue weighted by Crippen LogP contribution is 2.25. The number of unbranched alkanes of at least 4 members (excludes halogenated alkanes) is 1. The van der Waals surface area contributed by atoms with Gasteiger partial charge < -0.3 is 0 Å². The van der Waals surface area contributed by atoms with Crippen molar-refractivity contribution < 1.29 is 27.3 Å². The summed E-state index contributed by atoms with van der Waals surface area (Å²) in [6.07, 6.45) is 6.57. The lowest BCUT2D eigenvalue weighted by molar-refractivity contribution is -0.283. The van der Waals surface area contributed by atoms with Crippen LogP contribution in [0.25, 0.3) is 0 Å². The molecule has 0 saturated carbocycles. The molecule has 2 unspecified atom stereocenters. The standard InChI is InChI=1S/C10H20O2.H2O4S/c1-3-5-6-9(4-2)10-7-8-11-12-10;1-5(2,3)4/h9-10H,3-8H2,1-2H3;(H2,1,2,3,4). The van der Waals surface area contributed by atoms with Gasteiger partial charge >= 0.3 is 10.4 Å². The van der Waals surface area contributed by atoms with Crippen LogP contribution in [-0.2, 0) is 20.2 Å². The normalized spacial score (nSPS) is 21.8. The third-order valence-electron chi connectivity index (χ3n) is 2.66. The fraction of sp³-hybridized carbons (Fsp3) is 1.00. The van der Waals surface area contributed by atoms with E-state index in [0.29, 0.717) is 12.0 Å². The van der Waals surface area contributed by atoms with Gasteiger partial charge in [-0.05, 0) is 12.3 Å². The van der Waals surface area contributed by atoms with Crippen LogP contribution in [0.15, 0.2) is 0 Å². The second-order valence-corrected chi connectivity index (χ2v) is 4.90. The van der Waals surface area contributed by atoms with Crippen molar-refractivity contribution in [1.29, 1.82) is 0 Å². The molecule has 0 aromatic rings. The van der Waals surface area contributed by atoms with Crippen molar-refractivity contribution in [3.8, 4) is 0 Å². The van der Waals surface area contributed by atoms with E-state index < -0.39 is 10.4 Å². The lowest BCUT2D eigenvalue weighted by atomic mass is 9.92. The number of hydrogen-bond donors (Lipinski definition) is 2. The van der Waals surface area contributed by atoms with Crippen LogP contribution in [0, 0.1) is 5.92 Å². The molecule has 2 N–H and O–H groups in total. The molecule has 0 radical (unpaired) electrons. The van der Waals surface area contributed by atoms with Crippen molar-refractivity contribution in [3.05, 3.63) is 0 Å². The molecule has 1 rings (SSSR count). The first-order valence-electron chi connectivity index (χ1n) is 5.86. The molecular formula is C10H22O6S. The van der Waals surface area contributed by atoms with Gasteiger partial charge in [0.25, 0.3) is 0 Å². The summed E-state index contributed by atoms with van der Waals surface area (Å²) in [6.45, 7) is 5.26. The summed E-state index contributed by atoms with van der Waals surface area (Å²) in [5.41, 5.74) is 0. The molecule has 104 valence electrons. The van der Waals surface area contributed by atoms with Crippen LogP contribution >= 0.6 is 0 Å². The Kier molecular flexibility index (Phi) is 8.71. The van der Waals surface area contributed by atoms with Crippen molar-refractivity contribution in [2.45, 2.75) is 52.1 Å². The van der Waals surface area contributed by atoms with E-state index in [1.807, 2.05) is 0 Å². The van der Waals surface area contributed by atoms with Gasteiger partial charge in [0.1, 0.15) is 0 Å². The predicted octanol–water partition coefficient (Wildman–Crippen LogP) is 2.27. The Hall–Kier alpha value is -0.210. The molecule has 2 atom stereocenters. The Bertz CT molecular complexity index is 263. The minimum atomic E-state index is -4.67. The van der Waals surface area contributed by atoms with E-state index in [-0.39, 0.29) is 0 Å². The summed E-state index contributed by atoms with van der Waals surface area (Å²) in [5.74, 6) is 0.715. The van der Waals surface area contributed by atoms with Crippen LogP contribution in [0.1, 0.15) is 46.0 Å². The first kappa shape index (κ1) is 16.8. The number of hydrogen-bond acceptors (Lipinski definition) is 4. The third kappa shape index (κ3) is 10.7. The molecule has 0 aliphatic carbocycles. The van der Waals surface area contributed by atoms with Gasteiger partial charge in [0.05, 0.1) is 12.7 Å². The van der Waals surface area contributed by atoms with E-state index in [2.05, 4.69) is 13.8 Å². The summed E-state index contributed by atoms with van der Waals surface area (Å²) in [5, 5.41) is 0. The second-order valence-electron chi connectivity index (χ2n) is 4.00. The van der Waals surface area contributed by atoms with Crippen molar-refractivity contribution in [2.24, 2.45) is 5.92 Å². The van der Waals surface area contributed by atoms with Crippen molar-refractivity contribution in [3.63, 3.8) is 0 Å². The minimum Gasteiger partial charge on any atom is -0.264 e. The molecule has 0 amide bonds. The first-order chi connectivity index (χ1) is 7.88. The molecule has 17 heavy (non-hydrogen) atoms. The van der Waals surface area contributed by atoms with Crippen LogP contribution in [-0.4, -0.2) is 30.2 Å². The van der Waals surface area contributed by atoms with Gasteiger partial charge in [-0.3, -0.25) is 9.11 Å². The topological polar surface area (TPSA) is 93.1 Å². The first-order valence-corrected chi connectivity index (χ1v) is 7.26. The third-order valence-corrected chi connectivity index (χ3v) is 2.66. The zero-order chi connectivity index (χ0) is 13.3. The zero-order valence-corrected chi connectivity index (χ0v) is 11.1. The highest BCUT2D eigenvalue weighted by molar-refractivity contribution is 7.79. The lowest BCUT2D eigenvalue weighted by Crippen LogP contribution is -2.18. The Morgan fingerprint density at radius 2 is 1.94 bits per heavy atom. The summed E-state index contributed by atoms with van der Waals surface area (Å²) < 4.78 is 31.6. The van der Waals surface area contributed by atoms with E-state index in [0.717, 1.165) is 13.0 Å². The molecule has 0 bridgehead atoms. The molecule has 1 aliphatic heterocycles. The Balaban J connectivity index is 0.000000437. The van der Waals surface area contributed by atoms with Crippen LogP contribution in [0.3, 0.4) is 0 Å². The van der Waals surface area contributed by atoms with Crippen molar-refractivity contribution >= 4 is 10.4 Å². The van der Waals surface area contributed by atoms with Crippen molar-refractivity contribution in [1.82, 2.24) is 0 Å². The van der Waals surface area contributed by atoms with Gasteiger partial charge in [0.2, 0.25) is 0 Å². The molecule has 7 heteroatoms. The molecule has 1 heterocycles. The molecular weight excluding hydrogens is 248 g/mol. The van der Waals surface area contributed by atoms with Gasteiger partial charge in [-0.25, -0.2) is 9.78 Å². The summed E-state index contributed by atoms with van der Waals surface area (Å²) in [6, 6.07) is 0. The van der Waals surface area contributed by atoms with Gasteiger partial charge in [0.15, 0.2) is 0 Å². The summed E-state index contributed by atoms with van der Waals surface area (Å²) >= 11 is 0. The molecule has 0 aromatic carbocycles. The monoisotopic (exact) mass is 270 g/mol.